The maximum Gasteiger partial charge on any atom is 0.329 e. The minimum Gasteiger partial charge on any atom is -0.456 e. The van der Waals surface area contributed by atoms with Crippen molar-refractivity contribution in [2.75, 3.05) is 27.9 Å². The summed E-state index contributed by atoms with van der Waals surface area (Å²) >= 11 is 0. The van der Waals surface area contributed by atoms with E-state index in [1.54, 1.807) is 28.3 Å². The zero-order valence-electron chi connectivity index (χ0n) is 40.0. The topological polar surface area (TPSA) is 158 Å². The van der Waals surface area contributed by atoms with Crippen LogP contribution in [0.1, 0.15) is 131 Å². The van der Waals surface area contributed by atoms with E-state index in [0.717, 1.165) is 16.7 Å². The van der Waals surface area contributed by atoms with E-state index < -0.39 is 71.5 Å². The number of aliphatic hydroxyl groups is 2. The summed E-state index contributed by atoms with van der Waals surface area (Å²) in [6, 6.07) is 8.90. The van der Waals surface area contributed by atoms with Crippen molar-refractivity contribution >= 4 is 29.5 Å². The molecular formula is C52H77NO11. The molecule has 64 heavy (non-hydrogen) atoms. The molecular weight excluding hydrogens is 815 g/mol. The van der Waals surface area contributed by atoms with E-state index in [1.165, 1.54) is 4.90 Å². The third kappa shape index (κ3) is 12.5. The summed E-state index contributed by atoms with van der Waals surface area (Å²) in [4.78, 5) is 58.3. The highest BCUT2D eigenvalue weighted by Gasteiger charge is 2.56. The van der Waals surface area contributed by atoms with Gasteiger partial charge in [-0.25, -0.2) is 4.79 Å². The van der Waals surface area contributed by atoms with E-state index in [4.69, 9.17) is 23.7 Å². The molecule has 0 radical (unpaired) electrons. The Morgan fingerprint density at radius 2 is 1.62 bits per heavy atom. The van der Waals surface area contributed by atoms with Crippen molar-refractivity contribution in [1.29, 1.82) is 0 Å². The molecule has 2 bridgehead atoms. The standard InChI is InChI=1S/C52H77NO11/c1-10-40-28-33(2)27-34(3)29-43(60-7)47-44(61-8)31-37(6)52(59,64-47)48(55)49(56)53-26-15-14-20-41(53)50(57)63-46(35(4)21-22-42(40)54)36(5)30-39-23-25-51(58,45(32-39)62-9)24-16-19-38-17-12-11-13-18-38/h11-13,16-19,28,30,34-35,37,39-41,43-47,58-59H,10,14-15,20-27,29,31-32H2,1-9H3/b19-16?,33-28+,36-30?. The van der Waals surface area contributed by atoms with Crippen LogP contribution in [0, 0.1) is 29.6 Å². The van der Waals surface area contributed by atoms with Crippen molar-refractivity contribution in [2.45, 2.75) is 173 Å². The normalized spacial score (nSPS) is 37.9. The van der Waals surface area contributed by atoms with Crippen LogP contribution in [-0.4, -0.2) is 114 Å². The Kier molecular flexibility index (Phi) is 18.7. The fraction of sp³-hybridized carbons (Fsp3) is 0.692. The average molecular weight is 892 g/mol. The lowest BCUT2D eigenvalue weighted by molar-refractivity contribution is -0.302. The maximum absolute atomic E-state index is 14.5. The first-order valence-electron chi connectivity index (χ1n) is 23.8. The third-order valence-electron chi connectivity index (χ3n) is 14.6. The number of hydrogen-bond donors (Lipinski definition) is 2. The van der Waals surface area contributed by atoms with Gasteiger partial charge in [0.05, 0.1) is 23.9 Å². The van der Waals surface area contributed by atoms with Gasteiger partial charge in [-0.3, -0.25) is 14.4 Å². The Balaban J connectivity index is 1.45. The molecule has 1 amide bonds. The number of ether oxygens (including phenoxy) is 5. The van der Waals surface area contributed by atoms with Crippen LogP contribution >= 0.6 is 0 Å². The molecule has 356 valence electrons. The number of fused-ring (bicyclic) bond motifs is 3. The van der Waals surface area contributed by atoms with Crippen LogP contribution in [0.25, 0.3) is 6.08 Å². The second kappa shape index (κ2) is 23.3. The lowest BCUT2D eigenvalue weighted by Gasteiger charge is -2.47. The number of methoxy groups -OCH3 is 3. The van der Waals surface area contributed by atoms with Crippen LogP contribution in [0.2, 0.25) is 0 Å². The largest absolute Gasteiger partial charge is 0.456 e. The van der Waals surface area contributed by atoms with Crippen LogP contribution < -0.4 is 0 Å². The summed E-state index contributed by atoms with van der Waals surface area (Å²) in [5.41, 5.74) is 1.90. The first-order chi connectivity index (χ1) is 30.5. The fourth-order valence-corrected chi connectivity index (χ4v) is 10.7. The molecule has 13 unspecified atom stereocenters. The lowest BCUT2D eigenvalue weighted by atomic mass is 9.74. The number of carbonyl (C=O) groups excluding carboxylic acids is 4. The number of ketones is 2. The summed E-state index contributed by atoms with van der Waals surface area (Å²) in [6.45, 7) is 11.9. The molecule has 1 aromatic rings. The Morgan fingerprint density at radius 1 is 0.922 bits per heavy atom. The molecule has 1 aromatic carbocycles. The van der Waals surface area contributed by atoms with Crippen LogP contribution in [-0.2, 0) is 42.9 Å². The van der Waals surface area contributed by atoms with Crippen molar-refractivity contribution < 1.29 is 53.1 Å². The molecule has 3 aliphatic heterocycles. The quantitative estimate of drug-likeness (QED) is 0.141. The van der Waals surface area contributed by atoms with Gasteiger partial charge in [0, 0.05) is 46.1 Å². The Hall–Kier alpha value is -3.52. The molecule has 2 saturated heterocycles. The predicted molar refractivity (Wildman–Crippen MR) is 246 cm³/mol. The molecule has 3 heterocycles. The molecule has 2 N–H and O–H groups in total. The van der Waals surface area contributed by atoms with Crippen molar-refractivity contribution in [1.82, 2.24) is 4.90 Å². The highest BCUT2D eigenvalue weighted by molar-refractivity contribution is 6.39. The smallest absolute Gasteiger partial charge is 0.329 e. The van der Waals surface area contributed by atoms with Gasteiger partial charge in [-0.05, 0) is 120 Å². The summed E-state index contributed by atoms with van der Waals surface area (Å²) in [7, 11) is 4.73. The van der Waals surface area contributed by atoms with Gasteiger partial charge in [-0.1, -0.05) is 87.9 Å². The molecule has 4 aliphatic rings. The van der Waals surface area contributed by atoms with E-state index in [2.05, 4.69) is 19.1 Å². The number of cyclic esters (lactones) is 1. The summed E-state index contributed by atoms with van der Waals surface area (Å²) in [6.07, 6.45) is 11.6. The molecule has 1 aliphatic carbocycles. The number of amides is 1. The van der Waals surface area contributed by atoms with Gasteiger partial charge < -0.3 is 38.8 Å². The molecule has 12 heteroatoms. The predicted octanol–water partition coefficient (Wildman–Crippen LogP) is 7.98. The van der Waals surface area contributed by atoms with E-state index in [9.17, 15) is 29.4 Å². The Bertz CT molecular complexity index is 1830. The first kappa shape index (κ1) is 51.5. The van der Waals surface area contributed by atoms with Gasteiger partial charge in [0.25, 0.3) is 11.7 Å². The number of carbonyl (C=O) groups is 4. The van der Waals surface area contributed by atoms with Gasteiger partial charge >= 0.3 is 5.97 Å². The zero-order valence-corrected chi connectivity index (χ0v) is 40.0. The Labute approximate surface area is 382 Å². The monoisotopic (exact) mass is 892 g/mol. The number of benzene rings is 1. The molecule has 13 atom stereocenters. The van der Waals surface area contributed by atoms with Crippen molar-refractivity contribution in [3.05, 3.63) is 65.3 Å². The number of allylic oxidation sites excluding steroid dienone is 3. The molecule has 12 nitrogen and oxygen atoms in total. The van der Waals surface area contributed by atoms with Gasteiger partial charge in [0.15, 0.2) is 0 Å². The van der Waals surface area contributed by atoms with Crippen molar-refractivity contribution in [3.63, 3.8) is 0 Å². The van der Waals surface area contributed by atoms with E-state index >= 15 is 0 Å². The number of rotatable bonds is 9. The molecule has 3 fully saturated rings. The van der Waals surface area contributed by atoms with Gasteiger partial charge in [-0.2, -0.15) is 0 Å². The highest BCUT2D eigenvalue weighted by atomic mass is 16.7. The fourth-order valence-electron chi connectivity index (χ4n) is 10.7. The Morgan fingerprint density at radius 3 is 2.30 bits per heavy atom. The highest BCUT2D eigenvalue weighted by Crippen LogP contribution is 2.41. The number of nitrogens with zero attached hydrogens (tertiary/aromatic N) is 1. The number of esters is 1. The van der Waals surface area contributed by atoms with Crippen LogP contribution in [0.15, 0.2) is 59.7 Å². The first-order valence-corrected chi connectivity index (χ1v) is 23.8. The van der Waals surface area contributed by atoms with Crippen LogP contribution in [0.5, 0.6) is 0 Å². The molecule has 1 saturated carbocycles. The van der Waals surface area contributed by atoms with Gasteiger partial charge in [-0.15, -0.1) is 0 Å². The maximum atomic E-state index is 14.5. The second-order valence-corrected chi connectivity index (χ2v) is 19.5. The zero-order chi connectivity index (χ0) is 46.8. The average Bonchev–Trinajstić information content (AvgIpc) is 3.29. The minimum atomic E-state index is -2.48. The molecule has 5 rings (SSSR count). The van der Waals surface area contributed by atoms with Crippen molar-refractivity contribution in [3.8, 4) is 0 Å². The van der Waals surface area contributed by atoms with E-state index in [-0.39, 0.29) is 48.8 Å². The number of piperidine rings is 1. The molecule has 0 spiro atoms. The van der Waals surface area contributed by atoms with E-state index in [1.807, 2.05) is 70.2 Å². The summed E-state index contributed by atoms with van der Waals surface area (Å²) < 4.78 is 30.5. The lowest BCUT2D eigenvalue weighted by Crippen LogP contribution is -2.64. The van der Waals surface area contributed by atoms with Gasteiger partial charge in [0.1, 0.15) is 24.0 Å². The SMILES string of the molecule is CCC1/C=C(\C)CC(C)CC(OC)C2OC(O)(C(=O)C(=O)N3CCCCC3C(=O)OC(C(C)=CC3CCC(O)(CC=Cc4ccccc4)C(OC)C3)C(C)CCC1=O)C(C)CC2OC. The van der Waals surface area contributed by atoms with Gasteiger partial charge in [0.2, 0.25) is 5.79 Å². The van der Waals surface area contributed by atoms with E-state index in [0.29, 0.717) is 70.6 Å². The molecule has 0 aromatic heterocycles. The second-order valence-electron chi connectivity index (χ2n) is 19.5. The third-order valence-corrected chi connectivity index (χ3v) is 14.6. The van der Waals surface area contributed by atoms with Crippen LogP contribution in [0.4, 0.5) is 0 Å². The number of Topliss-reactive ketones (excluding diaryl/α,β-unsaturated/α-hetero) is 2. The summed E-state index contributed by atoms with van der Waals surface area (Å²) in [5, 5.41) is 23.9. The van der Waals surface area contributed by atoms with Crippen molar-refractivity contribution in [2.24, 2.45) is 29.6 Å². The summed E-state index contributed by atoms with van der Waals surface area (Å²) in [5.74, 6) is -6.37. The number of hydrogen-bond acceptors (Lipinski definition) is 11. The minimum absolute atomic E-state index is 0.0174. The van der Waals surface area contributed by atoms with Crippen LogP contribution in [0.3, 0.4) is 0 Å².